The first-order valence-electron chi connectivity index (χ1n) is 11.2. The number of Topliss-reactive ketones (excluding diaryl/α,β-unsaturated/α-hetero) is 1. The van der Waals surface area contributed by atoms with Crippen molar-refractivity contribution in [1.29, 1.82) is 0 Å². The Hall–Kier alpha value is -2.69. The van der Waals surface area contributed by atoms with Gasteiger partial charge in [0.15, 0.2) is 10.1 Å². The van der Waals surface area contributed by atoms with Crippen LogP contribution in [0, 0.1) is 0 Å². The average Bonchev–Trinajstić information content (AvgIpc) is 3.64. The van der Waals surface area contributed by atoms with Crippen molar-refractivity contribution in [3.63, 3.8) is 0 Å². The second-order valence-corrected chi connectivity index (χ2v) is 12.1. The molecule has 37 heavy (non-hydrogen) atoms. The summed E-state index contributed by atoms with van der Waals surface area (Å²) in [5.41, 5.74) is 2.75. The molecular formula is C26H19Cl2N3O3S3. The molecule has 0 saturated heterocycles. The van der Waals surface area contributed by atoms with E-state index in [1.165, 1.54) is 39.3 Å². The fourth-order valence-electron chi connectivity index (χ4n) is 3.96. The van der Waals surface area contributed by atoms with E-state index in [1.807, 2.05) is 30.3 Å². The van der Waals surface area contributed by atoms with E-state index in [-0.39, 0.29) is 11.4 Å². The monoisotopic (exact) mass is 587 g/mol. The van der Waals surface area contributed by atoms with Gasteiger partial charge in [0.05, 0.1) is 16.5 Å². The zero-order chi connectivity index (χ0) is 26.1. The molecule has 6 nitrogen and oxygen atoms in total. The third-order valence-electron chi connectivity index (χ3n) is 5.87. The first-order chi connectivity index (χ1) is 17.9. The van der Waals surface area contributed by atoms with E-state index < -0.39 is 17.7 Å². The molecule has 1 N–H and O–H groups in total. The normalized spacial score (nSPS) is 15.6. The van der Waals surface area contributed by atoms with Gasteiger partial charge in [0.2, 0.25) is 10.9 Å². The minimum absolute atomic E-state index is 0.0362. The van der Waals surface area contributed by atoms with Crippen molar-refractivity contribution < 1.29 is 14.7 Å². The quantitative estimate of drug-likeness (QED) is 0.130. The van der Waals surface area contributed by atoms with Crippen LogP contribution in [0.25, 0.3) is 0 Å². The molecule has 0 bridgehead atoms. The minimum atomic E-state index is -0.829. The number of thiophene rings is 1. The van der Waals surface area contributed by atoms with E-state index in [4.69, 9.17) is 23.2 Å². The summed E-state index contributed by atoms with van der Waals surface area (Å²) in [7, 11) is 0. The Labute approximate surface area is 235 Å². The first kappa shape index (κ1) is 25.9. The molecule has 4 aromatic rings. The molecule has 0 spiro atoms. The van der Waals surface area contributed by atoms with Crippen LogP contribution in [0.4, 0.5) is 5.13 Å². The number of nitrogens with zero attached hydrogens (tertiary/aromatic N) is 3. The zero-order valence-electron chi connectivity index (χ0n) is 19.4. The number of aliphatic hydroxyl groups excluding tert-OH is 1. The number of halogens is 2. The maximum absolute atomic E-state index is 13.4. The summed E-state index contributed by atoms with van der Waals surface area (Å²) >= 11 is 16.2. The molecule has 0 aliphatic carbocycles. The largest absolute Gasteiger partial charge is 0.503 e. The molecule has 0 radical (unpaired) electrons. The third-order valence-corrected chi connectivity index (χ3v) is 9.43. The minimum Gasteiger partial charge on any atom is -0.503 e. The highest BCUT2D eigenvalue weighted by Crippen LogP contribution is 2.44. The molecule has 188 valence electrons. The van der Waals surface area contributed by atoms with Gasteiger partial charge in [-0.05, 0) is 46.7 Å². The predicted octanol–water partition coefficient (Wildman–Crippen LogP) is 7.54. The molecule has 1 aliphatic heterocycles. The van der Waals surface area contributed by atoms with E-state index in [1.54, 1.807) is 29.6 Å². The van der Waals surface area contributed by atoms with Gasteiger partial charge in [-0.25, -0.2) is 0 Å². The summed E-state index contributed by atoms with van der Waals surface area (Å²) in [6.45, 7) is 2.05. The van der Waals surface area contributed by atoms with Crippen LogP contribution in [0.3, 0.4) is 0 Å². The van der Waals surface area contributed by atoms with Crippen molar-refractivity contribution in [2.75, 3.05) is 4.90 Å². The van der Waals surface area contributed by atoms with E-state index in [2.05, 4.69) is 17.1 Å². The molecule has 2 aromatic heterocycles. The van der Waals surface area contributed by atoms with Gasteiger partial charge in [0.1, 0.15) is 0 Å². The number of ketones is 1. The summed E-state index contributed by atoms with van der Waals surface area (Å²) in [5, 5.41) is 22.6. The van der Waals surface area contributed by atoms with Crippen molar-refractivity contribution in [3.05, 3.63) is 103 Å². The number of anilines is 1. The predicted molar refractivity (Wildman–Crippen MR) is 150 cm³/mol. The highest BCUT2D eigenvalue weighted by Gasteiger charge is 2.46. The molecule has 1 unspecified atom stereocenters. The van der Waals surface area contributed by atoms with Crippen LogP contribution in [0.5, 0.6) is 0 Å². The zero-order valence-corrected chi connectivity index (χ0v) is 23.3. The van der Waals surface area contributed by atoms with Crippen molar-refractivity contribution in [2.45, 2.75) is 29.5 Å². The summed E-state index contributed by atoms with van der Waals surface area (Å²) < 4.78 is 0.617. The lowest BCUT2D eigenvalue weighted by Gasteiger charge is -2.24. The molecular weight excluding hydrogens is 569 g/mol. The standard InChI is InChI=1S/C26H19Cl2N3O3S3/c1-2-14-5-7-15(8-6-14)21-20(22(32)19-4-3-11-35-19)23(33)24(34)31(21)25-29-30-26(37-25)36-13-16-9-10-17(27)12-18(16)28/h3-12,21,33H,2,13H2,1H3. The molecule has 0 fully saturated rings. The van der Waals surface area contributed by atoms with Gasteiger partial charge in [0.25, 0.3) is 5.91 Å². The molecule has 5 rings (SSSR count). The molecule has 2 aromatic carbocycles. The fourth-order valence-corrected chi connectivity index (χ4v) is 7.07. The van der Waals surface area contributed by atoms with Gasteiger partial charge in [-0.3, -0.25) is 14.5 Å². The van der Waals surface area contributed by atoms with Gasteiger partial charge in [-0.2, -0.15) is 0 Å². The lowest BCUT2D eigenvalue weighted by molar-refractivity contribution is -0.117. The Morgan fingerprint density at radius 1 is 1.14 bits per heavy atom. The molecule has 11 heteroatoms. The van der Waals surface area contributed by atoms with Crippen LogP contribution in [-0.4, -0.2) is 27.0 Å². The van der Waals surface area contributed by atoms with E-state index in [0.717, 1.165) is 17.5 Å². The van der Waals surface area contributed by atoms with Gasteiger partial charge in [-0.1, -0.05) is 89.6 Å². The SMILES string of the molecule is CCc1ccc(C2C(C(=O)c3cccs3)=C(O)C(=O)N2c2nnc(SCc3ccc(Cl)cc3Cl)s2)cc1. The molecule has 1 aliphatic rings. The van der Waals surface area contributed by atoms with E-state index in [9.17, 15) is 14.7 Å². The molecule has 1 amide bonds. The van der Waals surface area contributed by atoms with Gasteiger partial charge in [-0.15, -0.1) is 21.5 Å². The highest BCUT2D eigenvalue weighted by molar-refractivity contribution is 8.00. The topological polar surface area (TPSA) is 83.4 Å². The van der Waals surface area contributed by atoms with Crippen molar-refractivity contribution in [3.8, 4) is 0 Å². The Balaban J connectivity index is 1.48. The number of carbonyl (C=O) groups is 2. The van der Waals surface area contributed by atoms with Crippen LogP contribution in [0.15, 0.2) is 75.6 Å². The van der Waals surface area contributed by atoms with Crippen LogP contribution >= 0.6 is 57.6 Å². The molecule has 1 atom stereocenters. The number of aliphatic hydroxyl groups is 1. The van der Waals surface area contributed by atoms with Gasteiger partial charge in [0, 0.05) is 15.8 Å². The number of hydrogen-bond donors (Lipinski definition) is 1. The Morgan fingerprint density at radius 2 is 1.92 bits per heavy atom. The maximum Gasteiger partial charge on any atom is 0.296 e. The van der Waals surface area contributed by atoms with Crippen molar-refractivity contribution in [2.24, 2.45) is 0 Å². The number of hydrogen-bond acceptors (Lipinski definition) is 8. The van der Waals surface area contributed by atoms with Crippen molar-refractivity contribution in [1.82, 2.24) is 10.2 Å². The first-order valence-corrected chi connectivity index (χ1v) is 14.6. The van der Waals surface area contributed by atoms with Crippen LogP contribution < -0.4 is 4.90 Å². The molecule has 3 heterocycles. The maximum atomic E-state index is 13.4. The number of thioether (sulfide) groups is 1. The highest BCUT2D eigenvalue weighted by atomic mass is 35.5. The number of aryl methyl sites for hydroxylation is 1. The smallest absolute Gasteiger partial charge is 0.296 e. The van der Waals surface area contributed by atoms with Crippen molar-refractivity contribution >= 4 is 74.5 Å². The average molecular weight is 589 g/mol. The molecule has 0 saturated carbocycles. The van der Waals surface area contributed by atoms with Crippen LogP contribution in [0.2, 0.25) is 10.0 Å². The van der Waals surface area contributed by atoms with Gasteiger partial charge >= 0.3 is 0 Å². The Bertz CT molecular complexity index is 1500. The lowest BCUT2D eigenvalue weighted by atomic mass is 9.94. The number of benzene rings is 2. The number of rotatable bonds is 8. The summed E-state index contributed by atoms with van der Waals surface area (Å²) in [6.07, 6.45) is 0.851. The number of amides is 1. The second kappa shape index (κ2) is 11.0. The van der Waals surface area contributed by atoms with Crippen LogP contribution in [-0.2, 0) is 17.0 Å². The Kier molecular flexibility index (Phi) is 7.69. The summed E-state index contributed by atoms with van der Waals surface area (Å²) in [4.78, 5) is 28.6. The van der Waals surface area contributed by atoms with Gasteiger partial charge < -0.3 is 5.11 Å². The van der Waals surface area contributed by atoms with Crippen LogP contribution in [0.1, 0.15) is 39.3 Å². The number of carbonyl (C=O) groups excluding carboxylic acids is 2. The second-order valence-electron chi connectivity index (χ2n) is 8.12. The fraction of sp³-hybridized carbons (Fsp3) is 0.154. The van der Waals surface area contributed by atoms with E-state index in [0.29, 0.717) is 35.7 Å². The number of aromatic nitrogens is 2. The summed E-state index contributed by atoms with van der Waals surface area (Å²) in [6, 6.07) is 15.6. The third kappa shape index (κ3) is 5.19. The lowest BCUT2D eigenvalue weighted by Crippen LogP contribution is -2.31. The van der Waals surface area contributed by atoms with E-state index >= 15 is 0 Å². The summed E-state index contributed by atoms with van der Waals surface area (Å²) in [5.74, 6) is -1.10. The Morgan fingerprint density at radius 3 is 2.59 bits per heavy atom.